The molecule has 0 aliphatic carbocycles. The summed E-state index contributed by atoms with van der Waals surface area (Å²) >= 11 is 0. The average Bonchev–Trinajstić information content (AvgIpc) is 2.19. The third kappa shape index (κ3) is 3.24. The van der Waals surface area contributed by atoms with E-state index < -0.39 is 23.5 Å². The molecule has 1 N–H and O–H groups in total. The van der Waals surface area contributed by atoms with Crippen LogP contribution in [-0.2, 0) is 11.0 Å². The maximum absolute atomic E-state index is 12.4. The Kier molecular flexibility index (Phi) is 3.45. The van der Waals surface area contributed by atoms with Crippen LogP contribution in [0.4, 0.5) is 13.2 Å². The molecule has 0 bridgehead atoms. The van der Waals surface area contributed by atoms with Gasteiger partial charge in [-0.25, -0.2) is 4.79 Å². The molecule has 0 radical (unpaired) electrons. The third-order valence-corrected chi connectivity index (χ3v) is 1.83. The topological polar surface area (TPSA) is 46.5 Å². The molecule has 0 aromatic heterocycles. The van der Waals surface area contributed by atoms with Crippen LogP contribution in [0.5, 0.6) is 11.5 Å². The van der Waals surface area contributed by atoms with Gasteiger partial charge in [0.15, 0.2) is 0 Å². The summed E-state index contributed by atoms with van der Waals surface area (Å²) in [4.78, 5) is 11.1. The predicted octanol–water partition coefficient (Wildman–Crippen LogP) is 2.89. The number of carbonyl (C=O) groups is 1. The van der Waals surface area contributed by atoms with Crippen molar-refractivity contribution in [1.82, 2.24) is 0 Å². The summed E-state index contributed by atoms with van der Waals surface area (Å²) in [6.07, 6.45) is -4.71. The fourth-order valence-corrected chi connectivity index (χ4v) is 1.000. The second-order valence-electron chi connectivity index (χ2n) is 3.35. The van der Waals surface area contributed by atoms with Crippen LogP contribution >= 0.6 is 0 Å². The fraction of sp³-hybridized carbons (Fsp3) is 0.182. The molecule has 1 rings (SSSR count). The van der Waals surface area contributed by atoms with E-state index in [4.69, 9.17) is 5.11 Å². The van der Waals surface area contributed by atoms with Gasteiger partial charge in [-0.15, -0.1) is 0 Å². The normalized spacial score (nSPS) is 11.1. The first-order valence-electron chi connectivity index (χ1n) is 4.49. The molecule has 0 saturated heterocycles. The third-order valence-electron chi connectivity index (χ3n) is 1.83. The lowest BCUT2D eigenvalue weighted by molar-refractivity contribution is -0.139. The molecule has 0 aliphatic rings. The predicted molar refractivity (Wildman–Crippen MR) is 53.6 cm³/mol. The summed E-state index contributed by atoms with van der Waals surface area (Å²) in [6.45, 7) is 4.66. The van der Waals surface area contributed by atoms with E-state index in [0.717, 1.165) is 12.1 Å². The Morgan fingerprint density at radius 1 is 1.41 bits per heavy atom. The number of phenols is 1. The van der Waals surface area contributed by atoms with Crippen molar-refractivity contribution in [3.63, 3.8) is 0 Å². The number of phenolic OH excluding ortho intramolecular Hbond substituents is 1. The van der Waals surface area contributed by atoms with E-state index in [1.165, 1.54) is 6.92 Å². The Bertz CT molecular complexity index is 464. The van der Waals surface area contributed by atoms with E-state index in [2.05, 4.69) is 11.3 Å². The summed E-state index contributed by atoms with van der Waals surface area (Å²) in [7, 11) is 0. The van der Waals surface area contributed by atoms with Crippen molar-refractivity contribution in [2.45, 2.75) is 13.1 Å². The van der Waals surface area contributed by atoms with Gasteiger partial charge in [-0.1, -0.05) is 6.58 Å². The van der Waals surface area contributed by atoms with Crippen LogP contribution < -0.4 is 4.74 Å². The number of benzene rings is 1. The van der Waals surface area contributed by atoms with Crippen LogP contribution in [0.3, 0.4) is 0 Å². The highest BCUT2D eigenvalue weighted by Gasteiger charge is 2.34. The molecule has 0 amide bonds. The first-order valence-corrected chi connectivity index (χ1v) is 4.49. The van der Waals surface area contributed by atoms with Crippen molar-refractivity contribution >= 4 is 5.97 Å². The van der Waals surface area contributed by atoms with E-state index in [1.807, 2.05) is 0 Å². The maximum Gasteiger partial charge on any atom is 0.420 e. The molecule has 0 spiro atoms. The highest BCUT2D eigenvalue weighted by molar-refractivity contribution is 5.88. The number of esters is 1. The first-order chi connectivity index (χ1) is 7.71. The van der Waals surface area contributed by atoms with Gasteiger partial charge >= 0.3 is 12.1 Å². The van der Waals surface area contributed by atoms with Crippen molar-refractivity contribution in [3.05, 3.63) is 35.9 Å². The highest BCUT2D eigenvalue weighted by Crippen LogP contribution is 2.37. The van der Waals surface area contributed by atoms with Crippen LogP contribution in [0, 0.1) is 0 Å². The van der Waals surface area contributed by atoms with Gasteiger partial charge in [0.05, 0.1) is 0 Å². The summed E-state index contributed by atoms with van der Waals surface area (Å²) < 4.78 is 41.8. The largest absolute Gasteiger partial charge is 0.507 e. The minimum Gasteiger partial charge on any atom is -0.507 e. The van der Waals surface area contributed by atoms with Gasteiger partial charge in [-0.3, -0.25) is 0 Å². The standard InChI is InChI=1S/C11H9F3O3/c1-6(2)10(16)17-7-3-4-9(15)8(5-7)11(12,13)14/h3-5,15H,1H2,2H3. The van der Waals surface area contributed by atoms with Crippen LogP contribution in [0.15, 0.2) is 30.4 Å². The Balaban J connectivity index is 3.05. The Morgan fingerprint density at radius 3 is 2.47 bits per heavy atom. The molecule has 1 aromatic carbocycles. The van der Waals surface area contributed by atoms with Crippen molar-refractivity contribution in [2.75, 3.05) is 0 Å². The Morgan fingerprint density at radius 2 is 2.00 bits per heavy atom. The zero-order valence-electron chi connectivity index (χ0n) is 8.84. The lowest BCUT2D eigenvalue weighted by Crippen LogP contribution is -2.10. The van der Waals surface area contributed by atoms with Crippen molar-refractivity contribution in [3.8, 4) is 11.5 Å². The quantitative estimate of drug-likeness (QED) is 0.495. The SMILES string of the molecule is C=C(C)C(=O)Oc1ccc(O)c(C(F)(F)F)c1. The molecular weight excluding hydrogens is 237 g/mol. The number of rotatable bonds is 2. The lowest BCUT2D eigenvalue weighted by Gasteiger charge is -2.10. The minimum absolute atomic E-state index is 0.0617. The summed E-state index contributed by atoms with van der Waals surface area (Å²) in [5.41, 5.74) is -1.20. The number of aromatic hydroxyl groups is 1. The molecule has 1 aromatic rings. The molecule has 0 atom stereocenters. The number of carbonyl (C=O) groups excluding carboxylic acids is 1. The minimum atomic E-state index is -4.71. The number of halogens is 3. The van der Waals surface area contributed by atoms with Crippen LogP contribution in [0.2, 0.25) is 0 Å². The Labute approximate surface area is 95.1 Å². The van der Waals surface area contributed by atoms with Crippen LogP contribution in [0.1, 0.15) is 12.5 Å². The van der Waals surface area contributed by atoms with Gasteiger partial charge in [0, 0.05) is 5.57 Å². The van der Waals surface area contributed by atoms with Crippen LogP contribution in [-0.4, -0.2) is 11.1 Å². The summed E-state index contributed by atoms with van der Waals surface area (Å²) in [5, 5.41) is 9.04. The molecule has 6 heteroatoms. The molecule has 0 heterocycles. The molecule has 0 unspecified atom stereocenters. The molecule has 0 aliphatic heterocycles. The van der Waals surface area contributed by atoms with Crippen LogP contribution in [0.25, 0.3) is 0 Å². The van der Waals surface area contributed by atoms with Gasteiger partial charge < -0.3 is 9.84 Å². The highest BCUT2D eigenvalue weighted by atomic mass is 19.4. The number of ether oxygens (including phenoxy) is 1. The van der Waals surface area contributed by atoms with Gasteiger partial charge in [-0.2, -0.15) is 13.2 Å². The first kappa shape index (κ1) is 13.1. The second kappa shape index (κ2) is 4.48. The number of hydrogen-bond acceptors (Lipinski definition) is 3. The average molecular weight is 246 g/mol. The van der Waals surface area contributed by atoms with Gasteiger partial charge in [0.25, 0.3) is 0 Å². The summed E-state index contributed by atoms with van der Waals surface area (Å²) in [5.74, 6) is -2.06. The van der Waals surface area contributed by atoms with E-state index in [1.54, 1.807) is 0 Å². The Hall–Kier alpha value is -1.98. The second-order valence-corrected chi connectivity index (χ2v) is 3.35. The molecule has 17 heavy (non-hydrogen) atoms. The fourth-order valence-electron chi connectivity index (χ4n) is 1.000. The van der Waals surface area contributed by atoms with Crippen molar-refractivity contribution in [2.24, 2.45) is 0 Å². The lowest BCUT2D eigenvalue weighted by atomic mass is 10.2. The van der Waals surface area contributed by atoms with E-state index in [0.29, 0.717) is 6.07 Å². The van der Waals surface area contributed by atoms with E-state index in [9.17, 15) is 18.0 Å². The zero-order chi connectivity index (χ0) is 13.2. The van der Waals surface area contributed by atoms with Gasteiger partial charge in [0.2, 0.25) is 0 Å². The van der Waals surface area contributed by atoms with Crippen molar-refractivity contribution < 1.29 is 27.8 Å². The molecule has 92 valence electrons. The molecule has 0 fully saturated rings. The number of alkyl halides is 3. The van der Waals surface area contributed by atoms with Gasteiger partial charge in [0.1, 0.15) is 17.1 Å². The van der Waals surface area contributed by atoms with Crippen molar-refractivity contribution in [1.29, 1.82) is 0 Å². The monoisotopic (exact) mass is 246 g/mol. The molecule has 0 saturated carbocycles. The summed E-state index contributed by atoms with van der Waals surface area (Å²) in [6, 6.07) is 2.42. The maximum atomic E-state index is 12.4. The number of hydrogen-bond donors (Lipinski definition) is 1. The van der Waals surface area contributed by atoms with E-state index in [-0.39, 0.29) is 11.3 Å². The molecule has 3 nitrogen and oxygen atoms in total. The molecular formula is C11H9F3O3. The van der Waals surface area contributed by atoms with Gasteiger partial charge in [-0.05, 0) is 25.1 Å². The smallest absolute Gasteiger partial charge is 0.420 e. The zero-order valence-corrected chi connectivity index (χ0v) is 8.84. The van der Waals surface area contributed by atoms with E-state index >= 15 is 0 Å².